The molecule has 0 spiro atoms. The van der Waals surface area contributed by atoms with Gasteiger partial charge in [-0.3, -0.25) is 9.97 Å². The summed E-state index contributed by atoms with van der Waals surface area (Å²) in [6.07, 6.45) is 2.80. The minimum absolute atomic E-state index is 0.966. The van der Waals surface area contributed by atoms with Gasteiger partial charge in [0, 0.05) is 6.20 Å². The van der Waals surface area contributed by atoms with E-state index in [4.69, 9.17) is 0 Å². The van der Waals surface area contributed by atoms with Crippen LogP contribution in [0, 0.1) is 13.8 Å². The highest BCUT2D eigenvalue weighted by Crippen LogP contribution is 2.00. The van der Waals surface area contributed by atoms with E-state index in [9.17, 15) is 0 Å². The summed E-state index contributed by atoms with van der Waals surface area (Å²) in [5.41, 5.74) is 3.14. The standard InChI is InChI=1S/C8H12N2/c1-4-8-5-9-6(2)7(3)10-8/h5H,4H2,1-3H3. The van der Waals surface area contributed by atoms with Crippen molar-refractivity contribution < 1.29 is 0 Å². The van der Waals surface area contributed by atoms with Crippen LogP contribution in [0.4, 0.5) is 0 Å². The number of hydrogen-bond donors (Lipinski definition) is 0. The lowest BCUT2D eigenvalue weighted by Crippen LogP contribution is -1.95. The summed E-state index contributed by atoms with van der Waals surface area (Å²) in [5.74, 6) is 0. The minimum atomic E-state index is 0.966. The second kappa shape index (κ2) is 2.78. The Morgan fingerprint density at radius 2 is 2.00 bits per heavy atom. The molecule has 0 fully saturated rings. The second-order valence-electron chi connectivity index (χ2n) is 2.39. The van der Waals surface area contributed by atoms with Crippen LogP contribution in [0.2, 0.25) is 0 Å². The fourth-order valence-corrected chi connectivity index (χ4v) is 0.760. The van der Waals surface area contributed by atoms with Crippen LogP contribution in [-0.4, -0.2) is 9.97 Å². The maximum absolute atomic E-state index is 4.33. The minimum Gasteiger partial charge on any atom is -0.258 e. The first kappa shape index (κ1) is 7.19. The molecule has 1 rings (SSSR count). The molecule has 0 saturated carbocycles. The predicted molar refractivity (Wildman–Crippen MR) is 40.9 cm³/mol. The second-order valence-corrected chi connectivity index (χ2v) is 2.39. The van der Waals surface area contributed by atoms with Crippen LogP contribution >= 0.6 is 0 Å². The number of aromatic nitrogens is 2. The zero-order chi connectivity index (χ0) is 7.56. The first-order valence-corrected chi connectivity index (χ1v) is 3.53. The van der Waals surface area contributed by atoms with Crippen LogP contribution in [-0.2, 0) is 6.42 Å². The molecule has 10 heavy (non-hydrogen) atoms. The van der Waals surface area contributed by atoms with Crippen LogP contribution < -0.4 is 0 Å². The van der Waals surface area contributed by atoms with E-state index < -0.39 is 0 Å². The van der Waals surface area contributed by atoms with Gasteiger partial charge >= 0.3 is 0 Å². The first-order chi connectivity index (χ1) is 4.74. The molecule has 0 aliphatic heterocycles. The van der Waals surface area contributed by atoms with Gasteiger partial charge in [-0.25, -0.2) is 0 Å². The topological polar surface area (TPSA) is 25.8 Å². The Kier molecular flexibility index (Phi) is 2.00. The highest BCUT2D eigenvalue weighted by atomic mass is 14.8. The molecule has 2 heteroatoms. The molecule has 0 aliphatic rings. The molecule has 0 N–H and O–H groups in total. The first-order valence-electron chi connectivity index (χ1n) is 3.53. The van der Waals surface area contributed by atoms with E-state index in [1.165, 1.54) is 0 Å². The monoisotopic (exact) mass is 136 g/mol. The summed E-state index contributed by atoms with van der Waals surface area (Å²) >= 11 is 0. The largest absolute Gasteiger partial charge is 0.258 e. The molecule has 0 unspecified atom stereocenters. The third kappa shape index (κ3) is 1.32. The summed E-state index contributed by atoms with van der Waals surface area (Å²) in [7, 11) is 0. The van der Waals surface area contributed by atoms with E-state index >= 15 is 0 Å². The van der Waals surface area contributed by atoms with Crippen molar-refractivity contribution in [1.29, 1.82) is 0 Å². The predicted octanol–water partition coefficient (Wildman–Crippen LogP) is 1.66. The molecule has 0 aromatic carbocycles. The molecule has 0 saturated heterocycles. The van der Waals surface area contributed by atoms with Gasteiger partial charge in [0.15, 0.2) is 0 Å². The fourth-order valence-electron chi connectivity index (χ4n) is 0.760. The molecule has 54 valence electrons. The van der Waals surface area contributed by atoms with Crippen molar-refractivity contribution in [2.75, 3.05) is 0 Å². The van der Waals surface area contributed by atoms with Crippen LogP contribution in [0.15, 0.2) is 6.20 Å². The number of aryl methyl sites for hydroxylation is 3. The van der Waals surface area contributed by atoms with E-state index in [0.717, 1.165) is 23.5 Å². The molecule has 2 nitrogen and oxygen atoms in total. The quantitative estimate of drug-likeness (QED) is 0.586. The molecule has 0 aliphatic carbocycles. The van der Waals surface area contributed by atoms with Crippen LogP contribution in [0.25, 0.3) is 0 Å². The molecule has 0 atom stereocenters. The van der Waals surface area contributed by atoms with Gasteiger partial charge in [-0.2, -0.15) is 0 Å². The van der Waals surface area contributed by atoms with Gasteiger partial charge in [0.2, 0.25) is 0 Å². The zero-order valence-electron chi connectivity index (χ0n) is 6.68. The van der Waals surface area contributed by atoms with Crippen LogP contribution in [0.3, 0.4) is 0 Å². The Morgan fingerprint density at radius 1 is 1.30 bits per heavy atom. The lowest BCUT2D eigenvalue weighted by Gasteiger charge is -1.99. The van der Waals surface area contributed by atoms with Crippen molar-refractivity contribution in [3.63, 3.8) is 0 Å². The van der Waals surface area contributed by atoms with Gasteiger partial charge in [0.05, 0.1) is 17.1 Å². The normalized spacial score (nSPS) is 9.90. The molecular weight excluding hydrogens is 124 g/mol. The highest BCUT2D eigenvalue weighted by Gasteiger charge is 1.95. The molecule has 1 aromatic heterocycles. The zero-order valence-corrected chi connectivity index (χ0v) is 6.68. The Balaban J connectivity index is 3.04. The fraction of sp³-hybridized carbons (Fsp3) is 0.500. The van der Waals surface area contributed by atoms with E-state index in [1.807, 2.05) is 20.0 Å². The van der Waals surface area contributed by atoms with Crippen LogP contribution in [0.1, 0.15) is 24.0 Å². The van der Waals surface area contributed by atoms with Gasteiger partial charge in [-0.05, 0) is 20.3 Å². The molecular formula is C8H12N2. The number of rotatable bonds is 1. The van der Waals surface area contributed by atoms with Crippen molar-refractivity contribution >= 4 is 0 Å². The van der Waals surface area contributed by atoms with Gasteiger partial charge in [-0.1, -0.05) is 6.92 Å². The Hall–Kier alpha value is -0.920. The van der Waals surface area contributed by atoms with Crippen molar-refractivity contribution in [2.45, 2.75) is 27.2 Å². The van der Waals surface area contributed by atoms with Gasteiger partial charge < -0.3 is 0 Å². The molecule has 1 heterocycles. The molecule has 0 amide bonds. The Bertz CT molecular complexity index is 231. The van der Waals surface area contributed by atoms with E-state index in [2.05, 4.69) is 16.9 Å². The summed E-state index contributed by atoms with van der Waals surface area (Å²) < 4.78 is 0. The van der Waals surface area contributed by atoms with Gasteiger partial charge in [-0.15, -0.1) is 0 Å². The smallest absolute Gasteiger partial charge is 0.0588 e. The van der Waals surface area contributed by atoms with Crippen molar-refractivity contribution in [2.24, 2.45) is 0 Å². The van der Waals surface area contributed by atoms with Gasteiger partial charge in [0.1, 0.15) is 0 Å². The lowest BCUT2D eigenvalue weighted by atomic mass is 10.3. The number of nitrogens with zero attached hydrogens (tertiary/aromatic N) is 2. The summed E-state index contributed by atoms with van der Waals surface area (Å²) in [6, 6.07) is 0. The summed E-state index contributed by atoms with van der Waals surface area (Å²) in [5, 5.41) is 0. The van der Waals surface area contributed by atoms with Crippen LogP contribution in [0.5, 0.6) is 0 Å². The van der Waals surface area contributed by atoms with Crippen molar-refractivity contribution in [3.8, 4) is 0 Å². The summed E-state index contributed by atoms with van der Waals surface area (Å²) in [6.45, 7) is 6.04. The SMILES string of the molecule is CCc1cnc(C)c(C)n1. The molecule has 0 bridgehead atoms. The third-order valence-electron chi connectivity index (χ3n) is 1.60. The third-order valence-corrected chi connectivity index (χ3v) is 1.60. The van der Waals surface area contributed by atoms with Crippen molar-refractivity contribution in [3.05, 3.63) is 23.3 Å². The molecule has 1 aromatic rings. The average molecular weight is 136 g/mol. The Morgan fingerprint density at radius 3 is 2.50 bits per heavy atom. The van der Waals surface area contributed by atoms with Gasteiger partial charge in [0.25, 0.3) is 0 Å². The average Bonchev–Trinajstić information content (AvgIpc) is 1.95. The maximum Gasteiger partial charge on any atom is 0.0588 e. The Labute approximate surface area is 61.3 Å². The summed E-state index contributed by atoms with van der Waals surface area (Å²) in [4.78, 5) is 8.52. The van der Waals surface area contributed by atoms with E-state index in [1.54, 1.807) is 0 Å². The van der Waals surface area contributed by atoms with Crippen molar-refractivity contribution in [1.82, 2.24) is 9.97 Å². The van der Waals surface area contributed by atoms with E-state index in [0.29, 0.717) is 0 Å². The van der Waals surface area contributed by atoms with E-state index in [-0.39, 0.29) is 0 Å². The maximum atomic E-state index is 4.33. The lowest BCUT2D eigenvalue weighted by molar-refractivity contribution is 0.941. The number of hydrogen-bond acceptors (Lipinski definition) is 2. The molecule has 0 radical (unpaired) electrons. The highest BCUT2D eigenvalue weighted by molar-refractivity contribution is 5.10.